The molecule has 122 valence electrons. The molecule has 2 aromatic carbocycles. The van der Waals surface area contributed by atoms with Crippen molar-refractivity contribution in [1.82, 2.24) is 4.57 Å². The van der Waals surface area contributed by atoms with Crippen LogP contribution in [-0.2, 0) is 13.2 Å². The largest absolute Gasteiger partial charge is 0.497 e. The standard InChI is InChI=1S/C20H19NO3/c1-23-18-9-7-16(8-10-18)14-21-12-11-19(13-20(21)22)24-15-17-5-3-2-4-6-17/h2-13H,14-15H2,1H3. The summed E-state index contributed by atoms with van der Waals surface area (Å²) in [6, 6.07) is 20.9. The molecule has 3 aromatic rings. The van der Waals surface area contributed by atoms with Gasteiger partial charge in [0.25, 0.3) is 5.56 Å². The van der Waals surface area contributed by atoms with Crippen molar-refractivity contribution in [2.45, 2.75) is 13.2 Å². The van der Waals surface area contributed by atoms with Crippen LogP contribution in [0, 0.1) is 0 Å². The van der Waals surface area contributed by atoms with E-state index >= 15 is 0 Å². The molecule has 3 rings (SSSR count). The molecule has 24 heavy (non-hydrogen) atoms. The SMILES string of the molecule is COc1ccc(Cn2ccc(OCc3ccccc3)cc2=O)cc1. The topological polar surface area (TPSA) is 40.5 Å². The third-order valence-corrected chi connectivity index (χ3v) is 3.73. The van der Waals surface area contributed by atoms with Crippen molar-refractivity contribution in [3.63, 3.8) is 0 Å². The van der Waals surface area contributed by atoms with Gasteiger partial charge in [0.05, 0.1) is 13.7 Å². The predicted molar refractivity (Wildman–Crippen MR) is 93.6 cm³/mol. The van der Waals surface area contributed by atoms with Gasteiger partial charge in [-0.1, -0.05) is 42.5 Å². The van der Waals surface area contributed by atoms with Gasteiger partial charge in [-0.15, -0.1) is 0 Å². The highest BCUT2D eigenvalue weighted by Gasteiger charge is 2.02. The number of rotatable bonds is 6. The van der Waals surface area contributed by atoms with Crippen LogP contribution in [-0.4, -0.2) is 11.7 Å². The predicted octanol–water partition coefficient (Wildman–Crippen LogP) is 3.48. The molecule has 0 radical (unpaired) electrons. The van der Waals surface area contributed by atoms with Gasteiger partial charge in [-0.05, 0) is 29.3 Å². The van der Waals surface area contributed by atoms with Crippen molar-refractivity contribution in [3.05, 3.63) is 94.4 Å². The van der Waals surface area contributed by atoms with E-state index in [1.807, 2.05) is 60.7 Å². The molecular weight excluding hydrogens is 302 g/mol. The van der Waals surface area contributed by atoms with Crippen LogP contribution in [0.3, 0.4) is 0 Å². The minimum atomic E-state index is -0.0867. The molecule has 0 saturated carbocycles. The summed E-state index contributed by atoms with van der Waals surface area (Å²) in [5, 5.41) is 0. The van der Waals surface area contributed by atoms with Crippen LogP contribution >= 0.6 is 0 Å². The lowest BCUT2D eigenvalue weighted by Crippen LogP contribution is -2.19. The van der Waals surface area contributed by atoms with Crippen LogP contribution < -0.4 is 15.0 Å². The van der Waals surface area contributed by atoms with E-state index in [1.54, 1.807) is 17.9 Å². The van der Waals surface area contributed by atoms with Crippen molar-refractivity contribution in [3.8, 4) is 11.5 Å². The van der Waals surface area contributed by atoms with E-state index in [4.69, 9.17) is 9.47 Å². The average Bonchev–Trinajstić information content (AvgIpc) is 2.63. The highest BCUT2D eigenvalue weighted by Crippen LogP contribution is 2.13. The highest BCUT2D eigenvalue weighted by molar-refractivity contribution is 5.28. The van der Waals surface area contributed by atoms with Crippen LogP contribution in [0.4, 0.5) is 0 Å². The van der Waals surface area contributed by atoms with Gasteiger partial charge in [0.2, 0.25) is 0 Å². The summed E-state index contributed by atoms with van der Waals surface area (Å²) in [6.45, 7) is 0.963. The van der Waals surface area contributed by atoms with E-state index in [2.05, 4.69) is 0 Å². The minimum absolute atomic E-state index is 0.0867. The van der Waals surface area contributed by atoms with Crippen LogP contribution in [0.1, 0.15) is 11.1 Å². The van der Waals surface area contributed by atoms with Gasteiger partial charge < -0.3 is 14.0 Å². The van der Waals surface area contributed by atoms with Crippen LogP contribution in [0.5, 0.6) is 11.5 Å². The summed E-state index contributed by atoms with van der Waals surface area (Å²) in [4.78, 5) is 12.2. The molecule has 0 bridgehead atoms. The van der Waals surface area contributed by atoms with Crippen LogP contribution in [0.25, 0.3) is 0 Å². The molecule has 0 amide bonds. The zero-order valence-electron chi connectivity index (χ0n) is 13.5. The number of ether oxygens (including phenoxy) is 2. The third kappa shape index (κ3) is 4.04. The Kier molecular flexibility index (Phi) is 4.96. The number of pyridine rings is 1. The third-order valence-electron chi connectivity index (χ3n) is 3.73. The molecule has 0 aliphatic carbocycles. The van der Waals surface area contributed by atoms with Crippen molar-refractivity contribution < 1.29 is 9.47 Å². The smallest absolute Gasteiger partial charge is 0.254 e. The van der Waals surface area contributed by atoms with Gasteiger partial charge in [0, 0.05) is 12.3 Å². The Labute approximate surface area is 140 Å². The highest BCUT2D eigenvalue weighted by atomic mass is 16.5. The number of methoxy groups -OCH3 is 1. The Balaban J connectivity index is 1.66. The Morgan fingerprint density at radius 3 is 2.29 bits per heavy atom. The fourth-order valence-corrected chi connectivity index (χ4v) is 2.38. The van der Waals surface area contributed by atoms with Gasteiger partial charge in [0.1, 0.15) is 18.1 Å². The lowest BCUT2D eigenvalue weighted by atomic mass is 10.2. The number of aromatic nitrogens is 1. The second-order valence-electron chi connectivity index (χ2n) is 5.45. The molecule has 4 nitrogen and oxygen atoms in total. The van der Waals surface area contributed by atoms with Crippen LogP contribution in [0.15, 0.2) is 77.7 Å². The Bertz CT molecular complexity index is 839. The van der Waals surface area contributed by atoms with Crippen LogP contribution in [0.2, 0.25) is 0 Å². The fourth-order valence-electron chi connectivity index (χ4n) is 2.38. The summed E-state index contributed by atoms with van der Waals surface area (Å²) in [6.07, 6.45) is 1.76. The van der Waals surface area contributed by atoms with Crippen molar-refractivity contribution in [1.29, 1.82) is 0 Å². The second kappa shape index (κ2) is 7.51. The summed E-state index contributed by atoms with van der Waals surface area (Å²) in [5.74, 6) is 1.38. The maximum Gasteiger partial charge on any atom is 0.254 e. The molecule has 4 heteroatoms. The number of nitrogens with zero attached hydrogens (tertiary/aromatic N) is 1. The molecule has 0 spiro atoms. The first kappa shape index (κ1) is 15.9. The molecule has 0 saturated heterocycles. The van der Waals surface area contributed by atoms with E-state index in [9.17, 15) is 4.79 Å². The Morgan fingerprint density at radius 2 is 1.62 bits per heavy atom. The minimum Gasteiger partial charge on any atom is -0.497 e. The van der Waals surface area contributed by atoms with Crippen molar-refractivity contribution >= 4 is 0 Å². The molecule has 0 N–H and O–H groups in total. The quantitative estimate of drug-likeness (QED) is 0.698. The zero-order chi connectivity index (χ0) is 16.8. The lowest BCUT2D eigenvalue weighted by Gasteiger charge is -2.09. The van der Waals surface area contributed by atoms with E-state index in [-0.39, 0.29) is 5.56 Å². The molecule has 0 aliphatic rings. The van der Waals surface area contributed by atoms with E-state index < -0.39 is 0 Å². The molecular formula is C20H19NO3. The van der Waals surface area contributed by atoms with E-state index in [0.717, 1.165) is 16.9 Å². The first-order valence-corrected chi connectivity index (χ1v) is 7.75. The van der Waals surface area contributed by atoms with Gasteiger partial charge in [-0.25, -0.2) is 0 Å². The average molecular weight is 321 g/mol. The molecule has 0 aliphatic heterocycles. The molecule has 1 heterocycles. The van der Waals surface area contributed by atoms with Crippen molar-refractivity contribution in [2.24, 2.45) is 0 Å². The van der Waals surface area contributed by atoms with E-state index in [1.165, 1.54) is 6.07 Å². The maximum absolute atomic E-state index is 12.2. The first-order chi connectivity index (χ1) is 11.7. The zero-order valence-corrected chi connectivity index (χ0v) is 13.5. The molecule has 1 aromatic heterocycles. The second-order valence-corrected chi connectivity index (χ2v) is 5.45. The molecule has 0 unspecified atom stereocenters. The van der Waals surface area contributed by atoms with Crippen molar-refractivity contribution in [2.75, 3.05) is 7.11 Å². The number of benzene rings is 2. The fraction of sp³-hybridized carbons (Fsp3) is 0.150. The Morgan fingerprint density at radius 1 is 0.875 bits per heavy atom. The normalized spacial score (nSPS) is 10.4. The summed E-state index contributed by atoms with van der Waals surface area (Å²) < 4.78 is 12.5. The summed E-state index contributed by atoms with van der Waals surface area (Å²) >= 11 is 0. The van der Waals surface area contributed by atoms with Gasteiger partial charge in [-0.3, -0.25) is 4.79 Å². The van der Waals surface area contributed by atoms with E-state index in [0.29, 0.717) is 18.9 Å². The maximum atomic E-state index is 12.2. The molecule has 0 fully saturated rings. The monoisotopic (exact) mass is 321 g/mol. The van der Waals surface area contributed by atoms with Gasteiger partial charge in [-0.2, -0.15) is 0 Å². The van der Waals surface area contributed by atoms with Gasteiger partial charge >= 0.3 is 0 Å². The Hall–Kier alpha value is -3.01. The number of hydrogen-bond acceptors (Lipinski definition) is 3. The van der Waals surface area contributed by atoms with Gasteiger partial charge in [0.15, 0.2) is 0 Å². The lowest BCUT2D eigenvalue weighted by molar-refractivity contribution is 0.305. The molecule has 0 atom stereocenters. The first-order valence-electron chi connectivity index (χ1n) is 7.75. The summed E-state index contributed by atoms with van der Waals surface area (Å²) in [5.41, 5.74) is 2.02. The summed E-state index contributed by atoms with van der Waals surface area (Å²) in [7, 11) is 1.63. The number of hydrogen-bond donors (Lipinski definition) is 0.